The fourth-order valence-electron chi connectivity index (χ4n) is 3.77. The van der Waals surface area contributed by atoms with Crippen LogP contribution in [-0.2, 0) is 25.7 Å². The molecule has 0 fully saturated rings. The Kier molecular flexibility index (Phi) is 12.4. The molecule has 0 saturated carbocycles. The zero-order chi connectivity index (χ0) is 31.4. The van der Waals surface area contributed by atoms with E-state index in [9.17, 15) is 34.1 Å². The molecule has 0 radical (unpaired) electrons. The molecule has 0 aromatic heterocycles. The Morgan fingerprint density at radius 3 is 2.00 bits per heavy atom. The number of nitro benzene ring substituents is 1. The van der Waals surface area contributed by atoms with Gasteiger partial charge in [0.05, 0.1) is 17.0 Å². The van der Waals surface area contributed by atoms with E-state index in [1.54, 1.807) is 18.2 Å². The number of anilines is 1. The van der Waals surface area contributed by atoms with Crippen molar-refractivity contribution in [1.82, 2.24) is 26.6 Å². The third-order valence-electron chi connectivity index (χ3n) is 6.09. The van der Waals surface area contributed by atoms with Gasteiger partial charge in [0.25, 0.3) is 11.6 Å². The first-order valence-electron chi connectivity index (χ1n) is 13.3. The van der Waals surface area contributed by atoms with Crippen molar-refractivity contribution in [2.75, 3.05) is 12.3 Å². The quantitative estimate of drug-likeness (QED) is 0.106. The first-order valence-corrected chi connectivity index (χ1v) is 13.3. The highest BCUT2D eigenvalue weighted by Crippen LogP contribution is 2.12. The molecule has 3 unspecified atom stereocenters. The summed E-state index contributed by atoms with van der Waals surface area (Å²) < 4.78 is 0. The SMILES string of the molecule is CC(C)CC(NC(=O)CNC(=O)C(C)NC(=O)c1ccccc1N)C(=O)NC(C)C(=O)NCc1ccc([N+](=O)[O-])cc1. The number of nitro groups is 1. The van der Waals surface area contributed by atoms with E-state index >= 15 is 0 Å². The van der Waals surface area contributed by atoms with Crippen LogP contribution in [-0.4, -0.2) is 59.1 Å². The van der Waals surface area contributed by atoms with Crippen LogP contribution in [0.15, 0.2) is 48.5 Å². The van der Waals surface area contributed by atoms with Crippen molar-refractivity contribution in [1.29, 1.82) is 0 Å². The molecule has 14 nitrogen and oxygen atoms in total. The van der Waals surface area contributed by atoms with E-state index in [-0.39, 0.29) is 35.8 Å². The van der Waals surface area contributed by atoms with Crippen LogP contribution in [0.25, 0.3) is 0 Å². The highest BCUT2D eigenvalue weighted by atomic mass is 16.6. The lowest BCUT2D eigenvalue weighted by Crippen LogP contribution is -2.54. The molecule has 226 valence electrons. The molecule has 14 heteroatoms. The number of nitrogens with one attached hydrogen (secondary N) is 5. The lowest BCUT2D eigenvalue weighted by atomic mass is 10.0. The van der Waals surface area contributed by atoms with Crippen molar-refractivity contribution in [3.63, 3.8) is 0 Å². The smallest absolute Gasteiger partial charge is 0.269 e. The van der Waals surface area contributed by atoms with Gasteiger partial charge in [0.2, 0.25) is 23.6 Å². The third kappa shape index (κ3) is 10.5. The Balaban J connectivity index is 1.86. The lowest BCUT2D eigenvalue weighted by molar-refractivity contribution is -0.384. The number of nitrogens with two attached hydrogens (primary N) is 1. The van der Waals surface area contributed by atoms with Crippen LogP contribution in [0.2, 0.25) is 0 Å². The molecule has 0 aliphatic rings. The molecular weight excluding hydrogens is 546 g/mol. The summed E-state index contributed by atoms with van der Waals surface area (Å²) >= 11 is 0. The summed E-state index contributed by atoms with van der Waals surface area (Å²) in [6.07, 6.45) is 0.271. The molecule has 0 aliphatic carbocycles. The zero-order valence-electron chi connectivity index (χ0n) is 23.9. The van der Waals surface area contributed by atoms with Crippen molar-refractivity contribution < 1.29 is 28.9 Å². The van der Waals surface area contributed by atoms with E-state index in [1.807, 2.05) is 13.8 Å². The van der Waals surface area contributed by atoms with Gasteiger partial charge >= 0.3 is 0 Å². The van der Waals surface area contributed by atoms with E-state index in [0.717, 1.165) is 0 Å². The van der Waals surface area contributed by atoms with E-state index in [2.05, 4.69) is 26.6 Å². The molecule has 0 spiro atoms. The molecular formula is C28H37N7O7. The van der Waals surface area contributed by atoms with Crippen LogP contribution in [0.1, 0.15) is 50.0 Å². The number of carbonyl (C=O) groups is 5. The van der Waals surface area contributed by atoms with Crippen molar-refractivity contribution in [2.45, 2.75) is 58.8 Å². The normalized spacial score (nSPS) is 12.8. The Hall–Kier alpha value is -5.01. The zero-order valence-corrected chi connectivity index (χ0v) is 23.9. The van der Waals surface area contributed by atoms with Gasteiger partial charge in [0.1, 0.15) is 18.1 Å². The van der Waals surface area contributed by atoms with Crippen LogP contribution < -0.4 is 32.3 Å². The number of hydrogen-bond acceptors (Lipinski definition) is 8. The predicted octanol–water partition coefficient (Wildman–Crippen LogP) is 0.764. The van der Waals surface area contributed by atoms with Gasteiger partial charge in [-0.05, 0) is 43.9 Å². The number of carbonyl (C=O) groups excluding carboxylic acids is 5. The maximum Gasteiger partial charge on any atom is 0.269 e. The van der Waals surface area contributed by atoms with Gasteiger partial charge in [0.15, 0.2) is 0 Å². The molecule has 0 aliphatic heterocycles. The minimum absolute atomic E-state index is 0.0163. The second kappa shape index (κ2) is 15.7. The molecule has 2 aromatic rings. The summed E-state index contributed by atoms with van der Waals surface area (Å²) in [6, 6.07) is 9.19. The molecule has 2 aromatic carbocycles. The van der Waals surface area contributed by atoms with E-state index in [4.69, 9.17) is 5.73 Å². The second-order valence-electron chi connectivity index (χ2n) is 10.1. The van der Waals surface area contributed by atoms with Gasteiger partial charge in [-0.2, -0.15) is 0 Å². The Labute approximate surface area is 243 Å². The Morgan fingerprint density at radius 2 is 1.40 bits per heavy atom. The highest BCUT2D eigenvalue weighted by molar-refractivity contribution is 6.01. The van der Waals surface area contributed by atoms with Crippen molar-refractivity contribution in [2.24, 2.45) is 5.92 Å². The number of nitrogen functional groups attached to an aromatic ring is 1. The van der Waals surface area contributed by atoms with Gasteiger partial charge in [-0.15, -0.1) is 0 Å². The maximum absolute atomic E-state index is 12.9. The number of hydrogen-bond donors (Lipinski definition) is 6. The number of benzene rings is 2. The number of nitrogens with zero attached hydrogens (tertiary/aromatic N) is 1. The van der Waals surface area contributed by atoms with Crippen LogP contribution in [0.3, 0.4) is 0 Å². The standard InChI is InChI=1S/C28H37N7O7/c1-16(2)13-23(28(40)33-18(4)25(37)30-14-19-9-11-20(12-10-19)35(41)42)34-24(36)15-31-26(38)17(3)32-27(39)21-7-5-6-8-22(21)29/h5-12,16-18,23H,13-15,29H2,1-4H3,(H,30,37)(H,31,38)(H,32,39)(H,33,40)(H,34,36). The predicted molar refractivity (Wildman–Crippen MR) is 155 cm³/mol. The summed E-state index contributed by atoms with van der Waals surface area (Å²) in [5.74, 6) is -2.84. The summed E-state index contributed by atoms with van der Waals surface area (Å²) in [4.78, 5) is 73.1. The summed E-state index contributed by atoms with van der Waals surface area (Å²) in [7, 11) is 0. The van der Waals surface area contributed by atoms with Gasteiger partial charge in [-0.3, -0.25) is 34.1 Å². The lowest BCUT2D eigenvalue weighted by Gasteiger charge is -2.23. The van der Waals surface area contributed by atoms with Crippen LogP contribution in [0.5, 0.6) is 0 Å². The maximum atomic E-state index is 12.9. The average Bonchev–Trinajstić information content (AvgIpc) is 2.94. The number of rotatable bonds is 14. The van der Waals surface area contributed by atoms with Gasteiger partial charge in [0, 0.05) is 24.4 Å². The molecule has 7 N–H and O–H groups in total. The Morgan fingerprint density at radius 1 is 0.810 bits per heavy atom. The molecule has 2 rings (SSSR count). The second-order valence-corrected chi connectivity index (χ2v) is 10.1. The summed E-state index contributed by atoms with van der Waals surface area (Å²) in [6.45, 7) is 6.31. The first kappa shape index (κ1) is 33.2. The third-order valence-corrected chi connectivity index (χ3v) is 6.09. The number of non-ortho nitro benzene ring substituents is 1. The fourth-order valence-corrected chi connectivity index (χ4v) is 3.77. The van der Waals surface area contributed by atoms with E-state index < -0.39 is 59.1 Å². The van der Waals surface area contributed by atoms with Crippen LogP contribution in [0, 0.1) is 16.0 Å². The topological polar surface area (TPSA) is 215 Å². The van der Waals surface area contributed by atoms with Crippen molar-refractivity contribution in [3.05, 3.63) is 69.8 Å². The van der Waals surface area contributed by atoms with Gasteiger partial charge < -0.3 is 32.3 Å². The van der Waals surface area contributed by atoms with Crippen molar-refractivity contribution in [3.8, 4) is 0 Å². The van der Waals surface area contributed by atoms with Crippen LogP contribution >= 0.6 is 0 Å². The molecule has 42 heavy (non-hydrogen) atoms. The summed E-state index contributed by atoms with van der Waals surface area (Å²) in [5.41, 5.74) is 6.82. The first-order chi connectivity index (χ1) is 19.8. The Bertz CT molecular complexity index is 1300. The number of amides is 5. The average molecular weight is 584 g/mol. The van der Waals surface area contributed by atoms with Gasteiger partial charge in [-0.25, -0.2) is 0 Å². The van der Waals surface area contributed by atoms with E-state index in [0.29, 0.717) is 5.56 Å². The fraction of sp³-hybridized carbons (Fsp3) is 0.393. The molecule has 5 amide bonds. The molecule has 3 atom stereocenters. The van der Waals surface area contributed by atoms with Crippen molar-refractivity contribution >= 4 is 40.9 Å². The largest absolute Gasteiger partial charge is 0.398 e. The minimum Gasteiger partial charge on any atom is -0.398 e. The minimum atomic E-state index is -0.975. The van der Waals surface area contributed by atoms with E-state index in [1.165, 1.54) is 44.2 Å². The molecule has 0 heterocycles. The summed E-state index contributed by atoms with van der Waals surface area (Å²) in [5, 5.41) is 23.5. The highest BCUT2D eigenvalue weighted by Gasteiger charge is 2.26. The monoisotopic (exact) mass is 583 g/mol. The number of para-hydroxylation sites is 1. The van der Waals surface area contributed by atoms with Gasteiger partial charge in [-0.1, -0.05) is 38.1 Å². The molecule has 0 saturated heterocycles. The van der Waals surface area contributed by atoms with Crippen LogP contribution in [0.4, 0.5) is 11.4 Å². The molecule has 0 bridgehead atoms.